The third-order valence-electron chi connectivity index (χ3n) is 5.84. The van der Waals surface area contributed by atoms with Crippen molar-refractivity contribution in [3.05, 3.63) is 73.6 Å². The molecular weight excluding hydrogens is 416 g/mol. The van der Waals surface area contributed by atoms with Crippen molar-refractivity contribution >= 4 is 17.4 Å². The lowest BCUT2D eigenvalue weighted by Crippen LogP contribution is -2.35. The number of ether oxygens (including phenoxy) is 1. The van der Waals surface area contributed by atoms with Gasteiger partial charge in [-0.3, -0.25) is 4.79 Å². The molecule has 1 aliphatic carbocycles. The Bertz CT molecular complexity index is 1100. The number of carbonyl (C=O) groups excluding carboxylic acids is 1. The fraction of sp³-hybridized carbons (Fsp3) is 0.269. The zero-order chi connectivity index (χ0) is 23.2. The highest BCUT2D eigenvalue weighted by Crippen LogP contribution is 2.35. The van der Waals surface area contributed by atoms with Gasteiger partial charge in [0.25, 0.3) is 0 Å². The van der Waals surface area contributed by atoms with E-state index in [9.17, 15) is 9.90 Å². The molecule has 1 fully saturated rings. The molecule has 0 unspecified atom stereocenters. The first-order valence-corrected chi connectivity index (χ1v) is 11.1. The summed E-state index contributed by atoms with van der Waals surface area (Å²) in [5.74, 6) is 2.52. The summed E-state index contributed by atoms with van der Waals surface area (Å²) in [6.07, 6.45) is 4.62. The average Bonchev–Trinajstić information content (AvgIpc) is 2.80. The number of hydrogen-bond donors (Lipinski definition) is 3. The minimum absolute atomic E-state index is 0.00219. The van der Waals surface area contributed by atoms with Crippen LogP contribution in [0.3, 0.4) is 0 Å². The van der Waals surface area contributed by atoms with E-state index in [1.165, 1.54) is 12.4 Å². The topological polar surface area (TPSA) is 110 Å². The first-order valence-electron chi connectivity index (χ1n) is 11.1. The molecule has 0 aliphatic heterocycles. The van der Waals surface area contributed by atoms with Gasteiger partial charge in [0, 0.05) is 12.5 Å². The van der Waals surface area contributed by atoms with Crippen LogP contribution in [0.25, 0.3) is 11.1 Å². The molecule has 0 radical (unpaired) electrons. The van der Waals surface area contributed by atoms with E-state index in [4.69, 9.17) is 10.5 Å². The van der Waals surface area contributed by atoms with Crippen LogP contribution in [0.4, 0.5) is 11.6 Å². The molecule has 170 valence electrons. The Balaban J connectivity index is 1.52. The van der Waals surface area contributed by atoms with Gasteiger partial charge in [-0.15, -0.1) is 0 Å². The zero-order valence-corrected chi connectivity index (χ0v) is 18.4. The number of aliphatic hydroxyl groups is 1. The van der Waals surface area contributed by atoms with Crippen LogP contribution in [-0.2, 0) is 4.79 Å². The second-order valence-corrected chi connectivity index (χ2v) is 8.36. The number of allylic oxidation sites excluding steroid dienone is 1. The van der Waals surface area contributed by atoms with Crippen molar-refractivity contribution in [3.8, 4) is 22.6 Å². The number of nitrogens with zero attached hydrogens (tertiary/aromatic N) is 2. The number of hydrogen-bond acceptors (Lipinski definition) is 7. The molecule has 1 saturated carbocycles. The molecule has 1 aromatic heterocycles. The highest BCUT2D eigenvalue weighted by atomic mass is 16.5. The molecule has 7 heteroatoms. The molecule has 1 aliphatic rings. The maximum atomic E-state index is 11.8. The summed E-state index contributed by atoms with van der Waals surface area (Å²) in [6.45, 7) is 3.55. The Morgan fingerprint density at radius 3 is 2.55 bits per heavy atom. The van der Waals surface area contributed by atoms with Crippen LogP contribution in [0.15, 0.2) is 73.6 Å². The van der Waals surface area contributed by atoms with Crippen LogP contribution >= 0.6 is 0 Å². The number of anilines is 2. The summed E-state index contributed by atoms with van der Waals surface area (Å²) in [7, 11) is 0. The summed E-state index contributed by atoms with van der Waals surface area (Å²) < 4.78 is 5.88. The molecule has 3 atom stereocenters. The maximum Gasteiger partial charge on any atom is 0.155 e. The van der Waals surface area contributed by atoms with Gasteiger partial charge in [0.05, 0.1) is 11.7 Å². The van der Waals surface area contributed by atoms with E-state index < -0.39 is 6.10 Å². The van der Waals surface area contributed by atoms with Crippen molar-refractivity contribution in [2.24, 2.45) is 5.92 Å². The Kier molecular flexibility index (Phi) is 7.00. The zero-order valence-electron chi connectivity index (χ0n) is 18.4. The van der Waals surface area contributed by atoms with Gasteiger partial charge in [-0.1, -0.05) is 36.9 Å². The highest BCUT2D eigenvalue weighted by Gasteiger charge is 2.29. The highest BCUT2D eigenvalue weighted by molar-refractivity contribution is 5.89. The van der Waals surface area contributed by atoms with Gasteiger partial charge in [0.15, 0.2) is 5.78 Å². The van der Waals surface area contributed by atoms with Gasteiger partial charge in [0.2, 0.25) is 0 Å². The van der Waals surface area contributed by atoms with Gasteiger partial charge in [-0.05, 0) is 61.1 Å². The molecule has 2 aromatic carbocycles. The van der Waals surface area contributed by atoms with Crippen molar-refractivity contribution in [1.82, 2.24) is 9.97 Å². The molecule has 7 nitrogen and oxygen atoms in total. The van der Waals surface area contributed by atoms with Gasteiger partial charge in [0.1, 0.15) is 29.5 Å². The molecule has 1 heterocycles. The molecule has 3 aromatic rings. The van der Waals surface area contributed by atoms with E-state index in [1.807, 2.05) is 54.6 Å². The van der Waals surface area contributed by atoms with Crippen LogP contribution in [0.1, 0.15) is 25.7 Å². The van der Waals surface area contributed by atoms with Crippen LogP contribution in [-0.4, -0.2) is 33.0 Å². The van der Waals surface area contributed by atoms with E-state index in [2.05, 4.69) is 21.9 Å². The molecule has 0 spiro atoms. The van der Waals surface area contributed by atoms with Crippen LogP contribution in [0.5, 0.6) is 11.5 Å². The largest absolute Gasteiger partial charge is 0.457 e. The second kappa shape index (κ2) is 10.3. The van der Waals surface area contributed by atoms with Gasteiger partial charge in [-0.25, -0.2) is 9.97 Å². The molecule has 4 rings (SSSR count). The lowest BCUT2D eigenvalue weighted by atomic mass is 9.81. The third-order valence-corrected chi connectivity index (χ3v) is 5.84. The Hall–Kier alpha value is -3.71. The number of benzene rings is 2. The summed E-state index contributed by atoms with van der Waals surface area (Å²) in [4.78, 5) is 20.4. The number of aromatic nitrogens is 2. The smallest absolute Gasteiger partial charge is 0.155 e. The predicted octanol–water partition coefficient (Wildman–Crippen LogP) is 4.60. The SMILES string of the molecule is C=CC(=O)C[C@H]1C[C@H](O)C[C@@H](Nc2ncnc(N)c2-c2ccc(Oc3ccccc3)cc2)C1. The van der Waals surface area contributed by atoms with Gasteiger partial charge < -0.3 is 20.9 Å². The number of nitrogen functional groups attached to an aromatic ring is 1. The fourth-order valence-electron chi connectivity index (χ4n) is 4.36. The molecular formula is C26H28N4O3. The van der Waals surface area contributed by atoms with Crippen molar-refractivity contribution in [2.75, 3.05) is 11.1 Å². The first-order chi connectivity index (χ1) is 16.0. The minimum atomic E-state index is -0.476. The van der Waals surface area contributed by atoms with Gasteiger partial charge in [-0.2, -0.15) is 0 Å². The van der Waals surface area contributed by atoms with E-state index in [0.29, 0.717) is 42.2 Å². The standard InChI is InChI=1S/C26H28N4O3/c1-2-20(31)13-17-12-19(15-21(32)14-17)30-26-24(25(27)28-16-29-26)18-8-10-23(11-9-18)33-22-6-4-3-5-7-22/h2-11,16-17,19,21,32H,1,12-15H2,(H3,27,28,29,30)/t17-,19-,21-/m0/s1. The number of ketones is 1. The van der Waals surface area contributed by atoms with Crippen LogP contribution < -0.4 is 15.8 Å². The van der Waals surface area contributed by atoms with E-state index in [1.54, 1.807) is 0 Å². The number of carbonyl (C=O) groups is 1. The molecule has 4 N–H and O–H groups in total. The van der Waals surface area contributed by atoms with Crippen molar-refractivity contribution in [1.29, 1.82) is 0 Å². The van der Waals surface area contributed by atoms with Crippen LogP contribution in [0.2, 0.25) is 0 Å². The average molecular weight is 445 g/mol. The number of nitrogens with one attached hydrogen (secondary N) is 1. The Morgan fingerprint density at radius 2 is 1.82 bits per heavy atom. The van der Waals surface area contributed by atoms with E-state index in [-0.39, 0.29) is 17.7 Å². The fourth-order valence-corrected chi connectivity index (χ4v) is 4.36. The number of aliphatic hydroxyl groups excluding tert-OH is 1. The maximum absolute atomic E-state index is 11.8. The molecule has 0 bridgehead atoms. The molecule has 0 amide bonds. The quantitative estimate of drug-likeness (QED) is 0.435. The predicted molar refractivity (Wildman–Crippen MR) is 129 cm³/mol. The van der Waals surface area contributed by atoms with Crippen LogP contribution in [0, 0.1) is 5.92 Å². The van der Waals surface area contributed by atoms with Crippen molar-refractivity contribution < 1.29 is 14.6 Å². The summed E-state index contributed by atoms with van der Waals surface area (Å²) in [5, 5.41) is 13.8. The summed E-state index contributed by atoms with van der Waals surface area (Å²) in [5.41, 5.74) is 7.78. The monoisotopic (exact) mass is 444 g/mol. The lowest BCUT2D eigenvalue weighted by molar-refractivity contribution is -0.115. The van der Waals surface area contributed by atoms with Crippen molar-refractivity contribution in [2.45, 2.75) is 37.8 Å². The summed E-state index contributed by atoms with van der Waals surface area (Å²) >= 11 is 0. The lowest BCUT2D eigenvalue weighted by Gasteiger charge is -2.33. The number of para-hydroxylation sites is 1. The summed E-state index contributed by atoms with van der Waals surface area (Å²) in [6, 6.07) is 17.1. The van der Waals surface area contributed by atoms with Crippen molar-refractivity contribution in [3.63, 3.8) is 0 Å². The normalized spacial score (nSPS) is 20.1. The van der Waals surface area contributed by atoms with Gasteiger partial charge >= 0.3 is 0 Å². The first kappa shape index (κ1) is 22.5. The third kappa shape index (κ3) is 5.75. The number of rotatable bonds is 8. The second-order valence-electron chi connectivity index (χ2n) is 8.36. The Morgan fingerprint density at radius 1 is 1.09 bits per heavy atom. The Labute approximate surface area is 193 Å². The minimum Gasteiger partial charge on any atom is -0.457 e. The molecule has 0 saturated heterocycles. The van der Waals surface area contributed by atoms with E-state index >= 15 is 0 Å². The van der Waals surface area contributed by atoms with E-state index in [0.717, 1.165) is 17.7 Å². The number of nitrogens with two attached hydrogens (primary N) is 1. The molecule has 33 heavy (non-hydrogen) atoms.